The number of aryl methyl sites for hydroxylation is 1. The number of pyridine rings is 1. The van der Waals surface area contributed by atoms with E-state index in [2.05, 4.69) is 77.1 Å². The van der Waals surface area contributed by atoms with Gasteiger partial charge in [0.2, 0.25) is 0 Å². The van der Waals surface area contributed by atoms with Crippen LogP contribution in [0.4, 0.5) is 11.4 Å². The van der Waals surface area contributed by atoms with Crippen LogP contribution in [0.15, 0.2) is 65.7 Å². The van der Waals surface area contributed by atoms with Crippen LogP contribution in [0.1, 0.15) is 6.92 Å². The van der Waals surface area contributed by atoms with Crippen molar-refractivity contribution in [1.29, 1.82) is 0 Å². The molecule has 3 aromatic rings. The summed E-state index contributed by atoms with van der Waals surface area (Å²) in [5.41, 5.74) is 4.43. The van der Waals surface area contributed by atoms with E-state index in [0.29, 0.717) is 0 Å². The molecule has 4 rings (SSSR count). The maximum atomic E-state index is 5.42. The van der Waals surface area contributed by atoms with Gasteiger partial charge in [0, 0.05) is 30.8 Å². The molecule has 2 aromatic carbocycles. The Morgan fingerprint density at radius 1 is 0.920 bits per heavy atom. The first-order valence-electron chi connectivity index (χ1n) is 8.91. The molecular formula is C21H23N3O. The Hall–Kier alpha value is -2.59. The number of fused-ring (bicyclic) bond motifs is 1. The molecule has 0 bridgehead atoms. The molecule has 25 heavy (non-hydrogen) atoms. The molecule has 1 fully saturated rings. The number of ether oxygens (including phenoxy) is 1. The zero-order valence-electron chi connectivity index (χ0n) is 14.6. The molecule has 0 aliphatic carbocycles. The Morgan fingerprint density at radius 2 is 1.68 bits per heavy atom. The van der Waals surface area contributed by atoms with Gasteiger partial charge in [-0.25, -0.2) is 4.99 Å². The van der Waals surface area contributed by atoms with Crippen molar-refractivity contribution in [3.8, 4) is 0 Å². The molecule has 2 heterocycles. The summed E-state index contributed by atoms with van der Waals surface area (Å²) in [6.45, 7) is 6.58. The van der Waals surface area contributed by atoms with Gasteiger partial charge in [0.1, 0.15) is 5.49 Å². The lowest BCUT2D eigenvalue weighted by Crippen LogP contribution is -2.36. The van der Waals surface area contributed by atoms with Gasteiger partial charge in [-0.3, -0.25) is 0 Å². The number of aromatic nitrogens is 1. The van der Waals surface area contributed by atoms with Gasteiger partial charge in [0.25, 0.3) is 0 Å². The zero-order valence-corrected chi connectivity index (χ0v) is 14.6. The maximum Gasteiger partial charge on any atom is 0.133 e. The van der Waals surface area contributed by atoms with E-state index in [0.717, 1.165) is 44.0 Å². The molecule has 0 atom stereocenters. The molecule has 1 saturated heterocycles. The summed E-state index contributed by atoms with van der Waals surface area (Å²) in [7, 11) is 0. The number of rotatable bonds is 3. The van der Waals surface area contributed by atoms with E-state index in [4.69, 9.17) is 9.73 Å². The smallest absolute Gasteiger partial charge is 0.133 e. The molecule has 1 aliphatic heterocycles. The van der Waals surface area contributed by atoms with Crippen molar-refractivity contribution in [2.75, 3.05) is 31.2 Å². The predicted octanol–water partition coefficient (Wildman–Crippen LogP) is 3.73. The lowest BCUT2D eigenvalue weighted by Gasteiger charge is -2.28. The molecule has 0 amide bonds. The summed E-state index contributed by atoms with van der Waals surface area (Å²) < 4.78 is 7.68. The average Bonchev–Trinajstić information content (AvgIpc) is 2.69. The number of para-hydroxylation sites is 1. The lowest BCUT2D eigenvalue weighted by molar-refractivity contribution is 0.122. The largest absolute Gasteiger partial charge is 0.378 e. The van der Waals surface area contributed by atoms with Crippen molar-refractivity contribution in [3.63, 3.8) is 0 Å². The Balaban J connectivity index is 1.69. The second-order valence-electron chi connectivity index (χ2n) is 6.22. The molecule has 4 heteroatoms. The highest BCUT2D eigenvalue weighted by atomic mass is 16.5. The van der Waals surface area contributed by atoms with E-state index in [1.165, 1.54) is 16.6 Å². The Labute approximate surface area is 148 Å². The second kappa shape index (κ2) is 7.11. The monoisotopic (exact) mass is 333 g/mol. The van der Waals surface area contributed by atoms with E-state index in [-0.39, 0.29) is 0 Å². The van der Waals surface area contributed by atoms with Crippen LogP contribution in [0.5, 0.6) is 0 Å². The fourth-order valence-electron chi connectivity index (χ4n) is 3.37. The fraction of sp³-hybridized carbons (Fsp3) is 0.286. The van der Waals surface area contributed by atoms with Gasteiger partial charge in [-0.05, 0) is 54.8 Å². The third-order valence-corrected chi connectivity index (χ3v) is 4.70. The molecule has 128 valence electrons. The van der Waals surface area contributed by atoms with Crippen LogP contribution in [-0.4, -0.2) is 30.9 Å². The van der Waals surface area contributed by atoms with Crippen molar-refractivity contribution in [2.24, 2.45) is 4.99 Å². The quantitative estimate of drug-likeness (QED) is 0.731. The topological polar surface area (TPSA) is 29.8 Å². The third kappa shape index (κ3) is 3.30. The third-order valence-electron chi connectivity index (χ3n) is 4.70. The fourth-order valence-corrected chi connectivity index (χ4v) is 3.37. The number of nitrogens with zero attached hydrogens (tertiary/aromatic N) is 3. The van der Waals surface area contributed by atoms with Crippen molar-refractivity contribution < 1.29 is 4.74 Å². The summed E-state index contributed by atoms with van der Waals surface area (Å²) >= 11 is 0. The van der Waals surface area contributed by atoms with Crippen LogP contribution in [0.25, 0.3) is 10.9 Å². The van der Waals surface area contributed by atoms with E-state index < -0.39 is 0 Å². The van der Waals surface area contributed by atoms with Gasteiger partial charge < -0.3 is 14.2 Å². The summed E-state index contributed by atoms with van der Waals surface area (Å²) in [5, 5.41) is 1.24. The number of morpholine rings is 1. The molecule has 0 radical (unpaired) electrons. The normalized spacial score (nSPS) is 15.7. The highest BCUT2D eigenvalue weighted by Crippen LogP contribution is 2.20. The Morgan fingerprint density at radius 3 is 2.44 bits per heavy atom. The van der Waals surface area contributed by atoms with Crippen LogP contribution < -0.4 is 10.4 Å². The van der Waals surface area contributed by atoms with Crippen LogP contribution in [0, 0.1) is 0 Å². The minimum absolute atomic E-state index is 0.805. The van der Waals surface area contributed by atoms with Crippen LogP contribution in [-0.2, 0) is 11.3 Å². The van der Waals surface area contributed by atoms with Crippen LogP contribution in [0.3, 0.4) is 0 Å². The minimum atomic E-state index is 0.805. The van der Waals surface area contributed by atoms with E-state index >= 15 is 0 Å². The van der Waals surface area contributed by atoms with E-state index in [1.807, 2.05) is 0 Å². The average molecular weight is 333 g/mol. The Kier molecular flexibility index (Phi) is 4.53. The molecule has 0 unspecified atom stereocenters. The van der Waals surface area contributed by atoms with Gasteiger partial charge in [-0.1, -0.05) is 18.2 Å². The number of anilines is 1. The van der Waals surface area contributed by atoms with Crippen LogP contribution in [0.2, 0.25) is 0 Å². The van der Waals surface area contributed by atoms with Crippen molar-refractivity contribution in [3.05, 3.63) is 66.2 Å². The van der Waals surface area contributed by atoms with Crippen molar-refractivity contribution in [1.82, 2.24) is 4.57 Å². The predicted molar refractivity (Wildman–Crippen MR) is 102 cm³/mol. The first kappa shape index (κ1) is 15.9. The van der Waals surface area contributed by atoms with Gasteiger partial charge >= 0.3 is 0 Å². The zero-order chi connectivity index (χ0) is 17.1. The summed E-state index contributed by atoms with van der Waals surface area (Å²) in [6, 6.07) is 21.2. The number of hydrogen-bond donors (Lipinski definition) is 0. The lowest BCUT2D eigenvalue weighted by atomic mass is 10.2. The number of hydrogen-bond acceptors (Lipinski definition) is 3. The van der Waals surface area contributed by atoms with Gasteiger partial charge in [-0.2, -0.15) is 0 Å². The molecule has 0 spiro atoms. The molecule has 1 aliphatic rings. The summed E-state index contributed by atoms with van der Waals surface area (Å²) in [4.78, 5) is 7.22. The Bertz CT molecular complexity index is 922. The standard InChI is InChI=1S/C21H23N3O/c1-2-24-20-6-4-3-5-17(20)7-12-21(24)22-18-8-10-19(11-9-18)23-13-15-25-16-14-23/h3-12H,2,13-16H2,1H3. The second-order valence-corrected chi connectivity index (χ2v) is 6.22. The highest BCUT2D eigenvalue weighted by molar-refractivity contribution is 5.78. The highest BCUT2D eigenvalue weighted by Gasteiger charge is 2.10. The van der Waals surface area contributed by atoms with Crippen molar-refractivity contribution in [2.45, 2.75) is 13.5 Å². The number of benzene rings is 2. The van der Waals surface area contributed by atoms with Gasteiger partial charge in [0.05, 0.1) is 18.9 Å². The molecular weight excluding hydrogens is 310 g/mol. The SMILES string of the molecule is CCn1c(=Nc2ccc(N3CCOCC3)cc2)ccc2ccccc21. The van der Waals surface area contributed by atoms with Crippen LogP contribution >= 0.6 is 0 Å². The maximum absolute atomic E-state index is 5.42. The first-order chi connectivity index (χ1) is 12.3. The molecule has 0 N–H and O–H groups in total. The molecule has 4 nitrogen and oxygen atoms in total. The molecule has 0 saturated carbocycles. The molecule has 1 aromatic heterocycles. The minimum Gasteiger partial charge on any atom is -0.378 e. The first-order valence-corrected chi connectivity index (χ1v) is 8.91. The van der Waals surface area contributed by atoms with Gasteiger partial charge in [0.15, 0.2) is 0 Å². The van der Waals surface area contributed by atoms with Crippen molar-refractivity contribution >= 4 is 22.3 Å². The summed E-state index contributed by atoms with van der Waals surface area (Å²) in [5.74, 6) is 0. The van der Waals surface area contributed by atoms with E-state index in [9.17, 15) is 0 Å². The van der Waals surface area contributed by atoms with E-state index in [1.54, 1.807) is 0 Å². The summed E-state index contributed by atoms with van der Waals surface area (Å²) in [6.07, 6.45) is 0. The van der Waals surface area contributed by atoms with Gasteiger partial charge in [-0.15, -0.1) is 0 Å².